The van der Waals surface area contributed by atoms with Crippen molar-refractivity contribution in [3.63, 3.8) is 0 Å². The molecule has 0 heterocycles. The fourth-order valence-corrected chi connectivity index (χ4v) is 1.75. The molecule has 17 heavy (non-hydrogen) atoms. The van der Waals surface area contributed by atoms with Gasteiger partial charge in [0.2, 0.25) is 0 Å². The van der Waals surface area contributed by atoms with Crippen LogP contribution in [-0.2, 0) is 0 Å². The SMILES string of the molecule is Cc1cc(N(CCCO)CCCO)ccc1N. The molecule has 0 aromatic heterocycles. The number of aliphatic hydroxyl groups is 2. The van der Waals surface area contributed by atoms with E-state index in [2.05, 4.69) is 4.90 Å². The second-order valence-corrected chi connectivity index (χ2v) is 4.18. The second-order valence-electron chi connectivity index (χ2n) is 4.18. The molecule has 0 aliphatic carbocycles. The van der Waals surface area contributed by atoms with Gasteiger partial charge in [-0.3, -0.25) is 0 Å². The van der Waals surface area contributed by atoms with E-state index in [1.165, 1.54) is 0 Å². The van der Waals surface area contributed by atoms with Gasteiger partial charge in [0.1, 0.15) is 0 Å². The first kappa shape index (κ1) is 13.8. The van der Waals surface area contributed by atoms with Gasteiger partial charge in [-0.15, -0.1) is 0 Å². The van der Waals surface area contributed by atoms with Crippen molar-refractivity contribution in [1.29, 1.82) is 0 Å². The van der Waals surface area contributed by atoms with E-state index in [4.69, 9.17) is 15.9 Å². The van der Waals surface area contributed by atoms with Crippen LogP contribution in [0.2, 0.25) is 0 Å². The Labute approximate surface area is 103 Å². The summed E-state index contributed by atoms with van der Waals surface area (Å²) >= 11 is 0. The lowest BCUT2D eigenvalue weighted by molar-refractivity contribution is 0.282. The number of rotatable bonds is 7. The molecule has 1 aromatic carbocycles. The Morgan fingerprint density at radius 1 is 1.12 bits per heavy atom. The van der Waals surface area contributed by atoms with Crippen LogP contribution in [0.1, 0.15) is 18.4 Å². The molecule has 0 saturated heterocycles. The minimum absolute atomic E-state index is 0.184. The average molecular weight is 238 g/mol. The predicted molar refractivity (Wildman–Crippen MR) is 71.2 cm³/mol. The molecule has 0 atom stereocenters. The van der Waals surface area contributed by atoms with Crippen molar-refractivity contribution in [1.82, 2.24) is 0 Å². The van der Waals surface area contributed by atoms with Crippen molar-refractivity contribution >= 4 is 11.4 Å². The van der Waals surface area contributed by atoms with Gasteiger partial charge < -0.3 is 20.8 Å². The Kier molecular flexibility index (Phi) is 5.80. The monoisotopic (exact) mass is 238 g/mol. The van der Waals surface area contributed by atoms with Gasteiger partial charge in [0, 0.05) is 37.7 Å². The molecule has 0 radical (unpaired) electrons. The molecule has 0 unspecified atom stereocenters. The smallest absolute Gasteiger partial charge is 0.0447 e. The van der Waals surface area contributed by atoms with E-state index < -0.39 is 0 Å². The molecule has 4 N–H and O–H groups in total. The van der Waals surface area contributed by atoms with Gasteiger partial charge in [0.25, 0.3) is 0 Å². The molecule has 0 fully saturated rings. The fourth-order valence-electron chi connectivity index (χ4n) is 1.75. The Morgan fingerprint density at radius 2 is 1.71 bits per heavy atom. The van der Waals surface area contributed by atoms with Crippen LogP contribution >= 0.6 is 0 Å². The van der Waals surface area contributed by atoms with Gasteiger partial charge in [-0.1, -0.05) is 0 Å². The summed E-state index contributed by atoms with van der Waals surface area (Å²) in [5, 5.41) is 17.8. The molecule has 0 bridgehead atoms. The van der Waals surface area contributed by atoms with Gasteiger partial charge >= 0.3 is 0 Å². The minimum atomic E-state index is 0.184. The van der Waals surface area contributed by atoms with Crippen LogP contribution in [0.25, 0.3) is 0 Å². The lowest BCUT2D eigenvalue weighted by Crippen LogP contribution is -2.27. The number of nitrogens with two attached hydrogens (primary N) is 1. The molecule has 1 rings (SSSR count). The third-order valence-electron chi connectivity index (χ3n) is 2.79. The van der Waals surface area contributed by atoms with Crippen LogP contribution in [0.15, 0.2) is 18.2 Å². The molecule has 4 nitrogen and oxygen atoms in total. The van der Waals surface area contributed by atoms with E-state index in [0.717, 1.165) is 42.9 Å². The summed E-state index contributed by atoms with van der Waals surface area (Å²) in [6.45, 7) is 3.93. The van der Waals surface area contributed by atoms with E-state index in [-0.39, 0.29) is 13.2 Å². The molecule has 96 valence electrons. The topological polar surface area (TPSA) is 69.7 Å². The van der Waals surface area contributed by atoms with Crippen LogP contribution < -0.4 is 10.6 Å². The fraction of sp³-hybridized carbons (Fsp3) is 0.538. The second kappa shape index (κ2) is 7.14. The van der Waals surface area contributed by atoms with Crippen molar-refractivity contribution in [3.05, 3.63) is 23.8 Å². The molecule has 0 saturated carbocycles. The van der Waals surface area contributed by atoms with Crippen LogP contribution in [0.4, 0.5) is 11.4 Å². The summed E-state index contributed by atoms with van der Waals surface area (Å²) in [5.74, 6) is 0. The maximum Gasteiger partial charge on any atom is 0.0447 e. The Bertz CT molecular complexity index is 334. The molecular weight excluding hydrogens is 216 g/mol. The highest BCUT2D eigenvalue weighted by molar-refractivity contribution is 5.58. The first-order chi connectivity index (χ1) is 8.19. The Morgan fingerprint density at radius 3 is 2.18 bits per heavy atom. The lowest BCUT2D eigenvalue weighted by Gasteiger charge is -2.25. The zero-order valence-electron chi connectivity index (χ0n) is 10.4. The minimum Gasteiger partial charge on any atom is -0.399 e. The number of nitrogen functional groups attached to an aromatic ring is 1. The zero-order chi connectivity index (χ0) is 12.7. The summed E-state index contributed by atoms with van der Waals surface area (Å²) in [7, 11) is 0. The van der Waals surface area contributed by atoms with Crippen LogP contribution in [0.5, 0.6) is 0 Å². The number of nitrogens with zero attached hydrogens (tertiary/aromatic N) is 1. The number of hydrogen-bond donors (Lipinski definition) is 3. The highest BCUT2D eigenvalue weighted by Crippen LogP contribution is 2.21. The van der Waals surface area contributed by atoms with Gasteiger partial charge in [0.05, 0.1) is 0 Å². The van der Waals surface area contributed by atoms with E-state index >= 15 is 0 Å². The van der Waals surface area contributed by atoms with Crippen molar-refractivity contribution in [3.8, 4) is 0 Å². The summed E-state index contributed by atoms with van der Waals surface area (Å²) in [5.41, 5.74) is 8.73. The number of hydrogen-bond acceptors (Lipinski definition) is 4. The quantitative estimate of drug-likeness (QED) is 0.623. The Hall–Kier alpha value is -1.26. The number of benzene rings is 1. The highest BCUT2D eigenvalue weighted by Gasteiger charge is 2.06. The van der Waals surface area contributed by atoms with E-state index in [0.29, 0.717) is 0 Å². The molecule has 0 spiro atoms. The third kappa shape index (κ3) is 4.24. The van der Waals surface area contributed by atoms with Gasteiger partial charge in [-0.2, -0.15) is 0 Å². The van der Waals surface area contributed by atoms with Crippen LogP contribution in [0.3, 0.4) is 0 Å². The van der Waals surface area contributed by atoms with E-state index in [9.17, 15) is 0 Å². The van der Waals surface area contributed by atoms with Crippen LogP contribution in [0, 0.1) is 6.92 Å². The molecule has 0 aliphatic rings. The molecular formula is C13H22N2O2. The molecule has 0 aliphatic heterocycles. The Balaban J connectivity index is 2.75. The zero-order valence-corrected chi connectivity index (χ0v) is 10.4. The van der Waals surface area contributed by atoms with Crippen molar-refractivity contribution in [2.75, 3.05) is 36.9 Å². The van der Waals surface area contributed by atoms with Gasteiger partial charge in [-0.25, -0.2) is 0 Å². The molecule has 0 amide bonds. The van der Waals surface area contributed by atoms with E-state index in [1.807, 2.05) is 25.1 Å². The maximum atomic E-state index is 8.89. The summed E-state index contributed by atoms with van der Waals surface area (Å²) < 4.78 is 0. The highest BCUT2D eigenvalue weighted by atomic mass is 16.3. The number of anilines is 2. The predicted octanol–water partition coefficient (Wildman–Crippen LogP) is 1.15. The van der Waals surface area contributed by atoms with Crippen molar-refractivity contribution < 1.29 is 10.2 Å². The largest absolute Gasteiger partial charge is 0.399 e. The maximum absolute atomic E-state index is 8.89. The standard InChI is InChI=1S/C13H22N2O2/c1-11-10-12(4-5-13(11)14)15(6-2-8-16)7-3-9-17/h4-5,10,16-17H,2-3,6-9,14H2,1H3. The first-order valence-corrected chi connectivity index (χ1v) is 6.02. The average Bonchev–Trinajstić information content (AvgIpc) is 2.33. The third-order valence-corrected chi connectivity index (χ3v) is 2.79. The first-order valence-electron chi connectivity index (χ1n) is 6.02. The van der Waals surface area contributed by atoms with Gasteiger partial charge in [-0.05, 0) is 43.5 Å². The molecule has 1 aromatic rings. The van der Waals surface area contributed by atoms with Gasteiger partial charge in [0.15, 0.2) is 0 Å². The lowest BCUT2D eigenvalue weighted by atomic mass is 10.1. The van der Waals surface area contributed by atoms with Crippen molar-refractivity contribution in [2.45, 2.75) is 19.8 Å². The summed E-state index contributed by atoms with van der Waals surface area (Å²) in [6.07, 6.45) is 1.46. The summed E-state index contributed by atoms with van der Waals surface area (Å²) in [6, 6.07) is 5.93. The summed E-state index contributed by atoms with van der Waals surface area (Å²) in [4.78, 5) is 2.17. The number of aliphatic hydroxyl groups excluding tert-OH is 2. The van der Waals surface area contributed by atoms with Crippen molar-refractivity contribution in [2.24, 2.45) is 0 Å². The normalized spacial score (nSPS) is 10.5. The molecule has 4 heteroatoms. The van der Waals surface area contributed by atoms with Crippen LogP contribution in [-0.4, -0.2) is 36.5 Å². The van der Waals surface area contributed by atoms with E-state index in [1.54, 1.807) is 0 Å². The number of aryl methyl sites for hydroxylation is 1.